The van der Waals surface area contributed by atoms with E-state index in [1.54, 1.807) is 7.11 Å². The maximum absolute atomic E-state index is 6.61. The Kier molecular flexibility index (Phi) is 5.06. The summed E-state index contributed by atoms with van der Waals surface area (Å²) >= 11 is 0. The molecule has 1 aliphatic heterocycles. The molecule has 0 amide bonds. The summed E-state index contributed by atoms with van der Waals surface area (Å²) in [7, 11) is 1.71. The number of benzene rings is 1. The second kappa shape index (κ2) is 6.59. The third-order valence-corrected chi connectivity index (χ3v) is 4.66. The zero-order valence-electron chi connectivity index (χ0n) is 13.1. The standard InChI is InChI=1S/C17H28N2O/c1-17(2,19-12-8-4-5-9-13-19)16(18)14-10-6-7-11-15(14)20-3/h6-7,10-11,16H,4-5,8-9,12-13,18H2,1-3H3. The van der Waals surface area contributed by atoms with E-state index < -0.39 is 0 Å². The van der Waals surface area contributed by atoms with E-state index in [-0.39, 0.29) is 11.6 Å². The first-order chi connectivity index (χ1) is 9.57. The molecule has 3 nitrogen and oxygen atoms in total. The van der Waals surface area contributed by atoms with Crippen LogP contribution in [0.3, 0.4) is 0 Å². The van der Waals surface area contributed by atoms with Crippen molar-refractivity contribution in [3.05, 3.63) is 29.8 Å². The summed E-state index contributed by atoms with van der Waals surface area (Å²) in [6.07, 6.45) is 5.25. The fourth-order valence-electron chi connectivity index (χ4n) is 3.15. The molecule has 0 radical (unpaired) electrons. The monoisotopic (exact) mass is 276 g/mol. The number of nitrogens with two attached hydrogens (primary N) is 1. The number of hydrogen-bond acceptors (Lipinski definition) is 3. The predicted molar refractivity (Wildman–Crippen MR) is 84.0 cm³/mol. The van der Waals surface area contributed by atoms with Gasteiger partial charge in [0.25, 0.3) is 0 Å². The lowest BCUT2D eigenvalue weighted by Crippen LogP contribution is -2.51. The van der Waals surface area contributed by atoms with Gasteiger partial charge < -0.3 is 10.5 Å². The molecule has 1 heterocycles. The molecule has 2 rings (SSSR count). The molecule has 1 aromatic carbocycles. The van der Waals surface area contributed by atoms with Gasteiger partial charge >= 0.3 is 0 Å². The van der Waals surface area contributed by atoms with E-state index in [4.69, 9.17) is 10.5 Å². The highest BCUT2D eigenvalue weighted by molar-refractivity contribution is 5.37. The SMILES string of the molecule is COc1ccccc1C(N)C(C)(C)N1CCCCCC1. The number of ether oxygens (including phenoxy) is 1. The molecular formula is C17H28N2O. The molecule has 0 spiro atoms. The molecule has 1 aromatic rings. The molecule has 1 unspecified atom stereocenters. The molecular weight excluding hydrogens is 248 g/mol. The van der Waals surface area contributed by atoms with Gasteiger partial charge in [0.15, 0.2) is 0 Å². The summed E-state index contributed by atoms with van der Waals surface area (Å²) in [6.45, 7) is 6.82. The Morgan fingerprint density at radius 1 is 1.10 bits per heavy atom. The van der Waals surface area contributed by atoms with Crippen molar-refractivity contribution in [2.45, 2.75) is 51.1 Å². The Labute approximate surface area is 123 Å². The second-order valence-electron chi connectivity index (χ2n) is 6.27. The van der Waals surface area contributed by atoms with Gasteiger partial charge in [-0.2, -0.15) is 0 Å². The summed E-state index contributed by atoms with van der Waals surface area (Å²) in [4.78, 5) is 2.55. The highest BCUT2D eigenvalue weighted by Crippen LogP contribution is 2.35. The molecule has 3 heteroatoms. The van der Waals surface area contributed by atoms with Gasteiger partial charge in [-0.25, -0.2) is 0 Å². The highest BCUT2D eigenvalue weighted by atomic mass is 16.5. The first-order valence-electron chi connectivity index (χ1n) is 7.71. The van der Waals surface area contributed by atoms with Crippen LogP contribution in [0, 0.1) is 0 Å². The third kappa shape index (κ3) is 3.15. The Hall–Kier alpha value is -1.06. The lowest BCUT2D eigenvalue weighted by Gasteiger charge is -2.42. The van der Waals surface area contributed by atoms with Crippen LogP contribution in [0.5, 0.6) is 5.75 Å². The first-order valence-corrected chi connectivity index (χ1v) is 7.71. The third-order valence-electron chi connectivity index (χ3n) is 4.66. The molecule has 1 aliphatic rings. The summed E-state index contributed by atoms with van der Waals surface area (Å²) < 4.78 is 5.48. The Morgan fingerprint density at radius 2 is 1.70 bits per heavy atom. The number of methoxy groups -OCH3 is 1. The first kappa shape index (κ1) is 15.3. The van der Waals surface area contributed by atoms with Crippen LogP contribution < -0.4 is 10.5 Å². The normalized spacial score (nSPS) is 19.4. The van der Waals surface area contributed by atoms with Crippen LogP contribution in [-0.2, 0) is 0 Å². The van der Waals surface area contributed by atoms with Crippen molar-refractivity contribution in [1.82, 2.24) is 4.90 Å². The Morgan fingerprint density at radius 3 is 2.30 bits per heavy atom. The molecule has 0 aliphatic carbocycles. The van der Waals surface area contributed by atoms with Crippen LogP contribution >= 0.6 is 0 Å². The van der Waals surface area contributed by atoms with Crippen molar-refractivity contribution < 1.29 is 4.74 Å². The number of nitrogens with zero attached hydrogens (tertiary/aromatic N) is 1. The summed E-state index contributed by atoms with van der Waals surface area (Å²) in [5, 5.41) is 0. The lowest BCUT2D eigenvalue weighted by molar-refractivity contribution is 0.0970. The smallest absolute Gasteiger partial charge is 0.123 e. The highest BCUT2D eigenvalue weighted by Gasteiger charge is 2.35. The Bertz CT molecular complexity index is 423. The Balaban J connectivity index is 2.22. The summed E-state index contributed by atoms with van der Waals surface area (Å²) in [5.41, 5.74) is 7.65. The topological polar surface area (TPSA) is 38.5 Å². The van der Waals surface area contributed by atoms with Gasteiger partial charge in [-0.3, -0.25) is 4.90 Å². The van der Waals surface area contributed by atoms with Gasteiger partial charge in [-0.15, -0.1) is 0 Å². The molecule has 2 N–H and O–H groups in total. The molecule has 1 atom stereocenters. The molecule has 1 saturated heterocycles. The maximum atomic E-state index is 6.61. The fourth-order valence-corrected chi connectivity index (χ4v) is 3.15. The van der Waals surface area contributed by atoms with E-state index in [1.807, 2.05) is 18.2 Å². The zero-order chi connectivity index (χ0) is 14.6. The van der Waals surface area contributed by atoms with Gasteiger partial charge in [0.1, 0.15) is 5.75 Å². The minimum atomic E-state index is -0.0566. The largest absolute Gasteiger partial charge is 0.496 e. The van der Waals surface area contributed by atoms with E-state index in [9.17, 15) is 0 Å². The van der Waals surface area contributed by atoms with E-state index in [2.05, 4.69) is 24.8 Å². The van der Waals surface area contributed by atoms with Crippen LogP contribution in [0.2, 0.25) is 0 Å². The van der Waals surface area contributed by atoms with Gasteiger partial charge in [0.05, 0.1) is 13.2 Å². The fraction of sp³-hybridized carbons (Fsp3) is 0.647. The van der Waals surface area contributed by atoms with Crippen molar-refractivity contribution in [2.24, 2.45) is 5.73 Å². The van der Waals surface area contributed by atoms with Crippen molar-refractivity contribution in [2.75, 3.05) is 20.2 Å². The average Bonchev–Trinajstić information content (AvgIpc) is 2.76. The number of para-hydroxylation sites is 1. The minimum Gasteiger partial charge on any atom is -0.496 e. The van der Waals surface area contributed by atoms with Crippen LogP contribution in [0.1, 0.15) is 51.1 Å². The number of likely N-dealkylation sites (tertiary alicyclic amines) is 1. The van der Waals surface area contributed by atoms with Gasteiger partial charge in [0.2, 0.25) is 0 Å². The maximum Gasteiger partial charge on any atom is 0.123 e. The summed E-state index contributed by atoms with van der Waals surface area (Å²) in [5.74, 6) is 0.892. The van der Waals surface area contributed by atoms with Crippen LogP contribution in [0.25, 0.3) is 0 Å². The summed E-state index contributed by atoms with van der Waals surface area (Å²) in [6, 6.07) is 8.07. The van der Waals surface area contributed by atoms with E-state index in [0.29, 0.717) is 0 Å². The molecule has 20 heavy (non-hydrogen) atoms. The lowest BCUT2D eigenvalue weighted by atomic mass is 9.87. The van der Waals surface area contributed by atoms with E-state index in [1.165, 1.54) is 25.7 Å². The number of rotatable bonds is 4. The zero-order valence-corrected chi connectivity index (χ0v) is 13.1. The molecule has 0 bridgehead atoms. The van der Waals surface area contributed by atoms with Crippen LogP contribution in [0.4, 0.5) is 0 Å². The van der Waals surface area contributed by atoms with Crippen LogP contribution in [-0.4, -0.2) is 30.6 Å². The average molecular weight is 276 g/mol. The van der Waals surface area contributed by atoms with Gasteiger partial charge in [0, 0.05) is 11.1 Å². The second-order valence-corrected chi connectivity index (χ2v) is 6.27. The predicted octanol–water partition coefficient (Wildman–Crippen LogP) is 3.35. The van der Waals surface area contributed by atoms with Gasteiger partial charge in [-0.05, 0) is 45.8 Å². The quantitative estimate of drug-likeness (QED) is 0.916. The van der Waals surface area contributed by atoms with Crippen LogP contribution in [0.15, 0.2) is 24.3 Å². The molecule has 1 fully saturated rings. The van der Waals surface area contributed by atoms with Crippen molar-refractivity contribution in [3.8, 4) is 5.75 Å². The minimum absolute atomic E-state index is 0.0447. The van der Waals surface area contributed by atoms with Gasteiger partial charge in [-0.1, -0.05) is 31.0 Å². The molecule has 112 valence electrons. The van der Waals surface area contributed by atoms with E-state index >= 15 is 0 Å². The van der Waals surface area contributed by atoms with Crippen molar-refractivity contribution in [3.63, 3.8) is 0 Å². The molecule has 0 aromatic heterocycles. The van der Waals surface area contributed by atoms with Crippen molar-refractivity contribution in [1.29, 1.82) is 0 Å². The van der Waals surface area contributed by atoms with E-state index in [0.717, 1.165) is 24.4 Å². The van der Waals surface area contributed by atoms with Crippen molar-refractivity contribution >= 4 is 0 Å². The number of hydrogen-bond donors (Lipinski definition) is 1. The molecule has 0 saturated carbocycles.